The van der Waals surface area contributed by atoms with E-state index in [0.717, 1.165) is 15.8 Å². The van der Waals surface area contributed by atoms with E-state index in [9.17, 15) is 4.79 Å². The minimum absolute atomic E-state index is 0.350. The Balaban J connectivity index is 1.72. The van der Waals surface area contributed by atoms with Crippen LogP contribution in [0.4, 0.5) is 0 Å². The van der Waals surface area contributed by atoms with Gasteiger partial charge in [0.2, 0.25) is 0 Å². The lowest BCUT2D eigenvalue weighted by Gasteiger charge is -2.07. The number of nitrogens with zero attached hydrogens (tertiary/aromatic N) is 2. The summed E-state index contributed by atoms with van der Waals surface area (Å²) < 4.78 is 12.8. The van der Waals surface area contributed by atoms with Crippen LogP contribution in [0.5, 0.6) is 5.75 Å². The Labute approximate surface area is 135 Å². The third kappa shape index (κ3) is 3.28. The van der Waals surface area contributed by atoms with Crippen LogP contribution in [-0.4, -0.2) is 16.3 Å². The molecule has 0 atom stereocenters. The predicted octanol–water partition coefficient (Wildman–Crippen LogP) is 3.34. The van der Waals surface area contributed by atoms with Crippen LogP contribution in [0.15, 0.2) is 68.4 Å². The van der Waals surface area contributed by atoms with E-state index in [1.165, 1.54) is 4.57 Å². The van der Waals surface area contributed by atoms with Crippen LogP contribution in [-0.2, 0) is 6.54 Å². The van der Waals surface area contributed by atoms with E-state index < -0.39 is 5.76 Å². The summed E-state index contributed by atoms with van der Waals surface area (Å²) in [5.41, 5.74) is 0.831. The fraction of sp³-hybridized carbons (Fsp3) is 0.125. The maximum Gasteiger partial charge on any atom is 0.441 e. The van der Waals surface area contributed by atoms with E-state index in [0.29, 0.717) is 19.0 Å². The van der Waals surface area contributed by atoms with Crippen molar-refractivity contribution < 1.29 is 9.26 Å². The molecule has 0 radical (unpaired) electrons. The molecule has 0 amide bonds. The first kappa shape index (κ1) is 14.6. The van der Waals surface area contributed by atoms with Crippen LogP contribution in [0.3, 0.4) is 0 Å². The average Bonchev–Trinajstić information content (AvgIpc) is 2.91. The van der Waals surface area contributed by atoms with E-state index >= 15 is 0 Å². The lowest BCUT2D eigenvalue weighted by atomic mass is 10.2. The summed E-state index contributed by atoms with van der Waals surface area (Å²) in [6.45, 7) is 0.714. The molecule has 0 N–H and O–H groups in total. The number of hydrogen-bond donors (Lipinski definition) is 0. The summed E-state index contributed by atoms with van der Waals surface area (Å²) >= 11 is 3.37. The van der Waals surface area contributed by atoms with E-state index in [4.69, 9.17) is 9.26 Å². The summed E-state index contributed by atoms with van der Waals surface area (Å²) in [6.07, 6.45) is 0. The Bertz CT molecular complexity index is 794. The molecule has 3 aromatic rings. The molecule has 0 unspecified atom stereocenters. The number of hydrogen-bond acceptors (Lipinski definition) is 4. The first-order valence-electron chi connectivity index (χ1n) is 6.74. The second-order valence-corrected chi connectivity index (χ2v) is 5.51. The molecule has 5 nitrogen and oxygen atoms in total. The maximum absolute atomic E-state index is 11.8. The van der Waals surface area contributed by atoms with E-state index in [2.05, 4.69) is 21.1 Å². The van der Waals surface area contributed by atoms with Gasteiger partial charge in [-0.05, 0) is 24.3 Å². The van der Waals surface area contributed by atoms with Gasteiger partial charge in [-0.15, -0.1) is 0 Å². The molecule has 1 heterocycles. The zero-order chi connectivity index (χ0) is 15.4. The molecule has 3 rings (SSSR count). The van der Waals surface area contributed by atoms with Crippen molar-refractivity contribution in [1.29, 1.82) is 0 Å². The van der Waals surface area contributed by atoms with Crippen LogP contribution < -0.4 is 10.5 Å². The summed E-state index contributed by atoms with van der Waals surface area (Å²) in [4.78, 5) is 11.8. The van der Waals surface area contributed by atoms with Gasteiger partial charge in [-0.1, -0.05) is 51.4 Å². The molecular weight excluding hydrogens is 348 g/mol. The molecule has 0 aliphatic heterocycles. The molecule has 0 fully saturated rings. The normalized spacial score (nSPS) is 10.6. The van der Waals surface area contributed by atoms with Crippen molar-refractivity contribution in [2.24, 2.45) is 0 Å². The number of aromatic nitrogens is 2. The second kappa shape index (κ2) is 6.62. The lowest BCUT2D eigenvalue weighted by Crippen LogP contribution is -2.19. The van der Waals surface area contributed by atoms with E-state index in [-0.39, 0.29) is 0 Å². The zero-order valence-electron chi connectivity index (χ0n) is 11.6. The quantitative estimate of drug-likeness (QED) is 0.700. The molecule has 112 valence electrons. The number of ether oxygens (including phenoxy) is 1. The number of rotatable bonds is 5. The highest BCUT2D eigenvalue weighted by Gasteiger charge is 2.12. The van der Waals surface area contributed by atoms with E-state index in [1.54, 1.807) is 0 Å². The van der Waals surface area contributed by atoms with Crippen molar-refractivity contribution >= 4 is 15.9 Å². The van der Waals surface area contributed by atoms with Gasteiger partial charge in [0.15, 0.2) is 5.82 Å². The topological polar surface area (TPSA) is 57.3 Å². The fourth-order valence-corrected chi connectivity index (χ4v) is 2.31. The highest BCUT2D eigenvalue weighted by molar-refractivity contribution is 9.10. The first-order valence-corrected chi connectivity index (χ1v) is 7.53. The Hall–Kier alpha value is -2.34. The summed E-state index contributed by atoms with van der Waals surface area (Å²) in [5.74, 6) is 0.761. The Morgan fingerprint density at radius 2 is 1.82 bits per heavy atom. The molecule has 0 bridgehead atoms. The monoisotopic (exact) mass is 360 g/mol. The summed E-state index contributed by atoms with van der Waals surface area (Å²) in [7, 11) is 0. The Morgan fingerprint density at radius 3 is 2.55 bits per heavy atom. The molecule has 1 aromatic heterocycles. The van der Waals surface area contributed by atoms with Gasteiger partial charge >= 0.3 is 5.76 Å². The minimum Gasteiger partial charge on any atom is -0.492 e. The standard InChI is InChI=1S/C16H13BrN2O3/c17-13-6-8-14(9-7-13)21-11-10-19-15(18-22-16(19)20)12-4-2-1-3-5-12/h1-9H,10-11H2. The molecule has 0 saturated heterocycles. The molecule has 0 saturated carbocycles. The zero-order valence-corrected chi connectivity index (χ0v) is 13.2. The third-order valence-electron chi connectivity index (χ3n) is 3.12. The predicted molar refractivity (Wildman–Crippen MR) is 85.8 cm³/mol. The average molecular weight is 361 g/mol. The minimum atomic E-state index is -0.488. The molecule has 2 aromatic carbocycles. The molecule has 0 spiro atoms. The van der Waals surface area contributed by atoms with Gasteiger partial charge in [0.25, 0.3) is 0 Å². The van der Waals surface area contributed by atoms with Gasteiger partial charge in [-0.2, -0.15) is 0 Å². The van der Waals surface area contributed by atoms with Gasteiger partial charge in [-0.25, -0.2) is 4.79 Å². The highest BCUT2D eigenvalue weighted by atomic mass is 79.9. The van der Waals surface area contributed by atoms with Crippen molar-refractivity contribution in [3.63, 3.8) is 0 Å². The number of halogens is 1. The molecule has 0 aliphatic carbocycles. The summed E-state index contributed by atoms with van der Waals surface area (Å²) in [5, 5.41) is 3.84. The molecule has 22 heavy (non-hydrogen) atoms. The summed E-state index contributed by atoms with van der Waals surface area (Å²) in [6, 6.07) is 17.0. The van der Waals surface area contributed by atoms with Gasteiger partial charge < -0.3 is 4.74 Å². The van der Waals surface area contributed by atoms with Gasteiger partial charge in [0.05, 0.1) is 6.54 Å². The third-order valence-corrected chi connectivity index (χ3v) is 3.64. The van der Waals surface area contributed by atoms with Crippen LogP contribution in [0, 0.1) is 0 Å². The van der Waals surface area contributed by atoms with Crippen LogP contribution in [0.25, 0.3) is 11.4 Å². The van der Waals surface area contributed by atoms with Crippen molar-refractivity contribution in [3.8, 4) is 17.1 Å². The molecule has 6 heteroatoms. The Morgan fingerprint density at radius 1 is 1.09 bits per heavy atom. The van der Waals surface area contributed by atoms with Crippen molar-refractivity contribution in [1.82, 2.24) is 9.72 Å². The highest BCUT2D eigenvalue weighted by Crippen LogP contribution is 2.17. The van der Waals surface area contributed by atoms with Gasteiger partial charge in [-0.3, -0.25) is 9.09 Å². The largest absolute Gasteiger partial charge is 0.492 e. The Kier molecular flexibility index (Phi) is 4.39. The second-order valence-electron chi connectivity index (χ2n) is 4.59. The van der Waals surface area contributed by atoms with Gasteiger partial charge in [0, 0.05) is 10.0 Å². The van der Waals surface area contributed by atoms with Crippen LogP contribution in [0.2, 0.25) is 0 Å². The fourth-order valence-electron chi connectivity index (χ4n) is 2.05. The van der Waals surface area contributed by atoms with Gasteiger partial charge in [0.1, 0.15) is 12.4 Å². The molecule has 0 aliphatic rings. The van der Waals surface area contributed by atoms with Crippen LogP contribution >= 0.6 is 15.9 Å². The van der Waals surface area contributed by atoms with Crippen molar-refractivity contribution in [2.75, 3.05) is 6.61 Å². The lowest BCUT2D eigenvalue weighted by molar-refractivity contribution is 0.290. The SMILES string of the molecule is O=c1onc(-c2ccccc2)n1CCOc1ccc(Br)cc1. The van der Waals surface area contributed by atoms with Crippen molar-refractivity contribution in [2.45, 2.75) is 6.54 Å². The first-order chi connectivity index (χ1) is 10.7. The smallest absolute Gasteiger partial charge is 0.441 e. The van der Waals surface area contributed by atoms with E-state index in [1.807, 2.05) is 54.6 Å². The number of benzene rings is 2. The maximum atomic E-state index is 11.8. The van der Waals surface area contributed by atoms with Crippen LogP contribution in [0.1, 0.15) is 0 Å². The molecular formula is C16H13BrN2O3. The van der Waals surface area contributed by atoms with Crippen molar-refractivity contribution in [3.05, 3.63) is 69.6 Å².